The van der Waals surface area contributed by atoms with Crippen molar-refractivity contribution >= 4 is 5.91 Å². The van der Waals surface area contributed by atoms with Crippen molar-refractivity contribution in [1.82, 2.24) is 9.88 Å². The van der Waals surface area contributed by atoms with E-state index >= 15 is 0 Å². The van der Waals surface area contributed by atoms with E-state index in [1.807, 2.05) is 18.2 Å². The molecule has 4 heteroatoms. The number of piperidine rings is 1. The van der Waals surface area contributed by atoms with Crippen LogP contribution in [0.25, 0.3) is 0 Å². The molecule has 1 aliphatic heterocycles. The van der Waals surface area contributed by atoms with E-state index in [2.05, 4.69) is 9.88 Å². The number of amides is 1. The van der Waals surface area contributed by atoms with E-state index in [4.69, 9.17) is 5.73 Å². The molecule has 1 atom stereocenters. The molecule has 0 bridgehead atoms. The highest BCUT2D eigenvalue weighted by atomic mass is 16.1. The predicted octanol–water partition coefficient (Wildman–Crippen LogP) is 0.779. The van der Waals surface area contributed by atoms with Crippen LogP contribution >= 0.6 is 0 Å². The van der Waals surface area contributed by atoms with Gasteiger partial charge in [-0.15, -0.1) is 0 Å². The Balaban J connectivity index is 1.93. The van der Waals surface area contributed by atoms with Gasteiger partial charge in [0.1, 0.15) is 0 Å². The van der Waals surface area contributed by atoms with Gasteiger partial charge in [0.15, 0.2) is 0 Å². The molecule has 1 saturated heterocycles. The van der Waals surface area contributed by atoms with Crippen LogP contribution in [0.5, 0.6) is 0 Å². The maximum Gasteiger partial charge on any atom is 0.221 e. The van der Waals surface area contributed by atoms with Crippen molar-refractivity contribution in [3.05, 3.63) is 30.1 Å². The second-order valence-electron chi connectivity index (χ2n) is 4.30. The fourth-order valence-electron chi connectivity index (χ4n) is 2.15. The number of hydrogen-bond acceptors (Lipinski definition) is 3. The molecular weight excluding hydrogens is 202 g/mol. The minimum Gasteiger partial charge on any atom is -0.369 e. The van der Waals surface area contributed by atoms with E-state index in [1.165, 1.54) is 0 Å². The Bertz CT molecular complexity index is 353. The lowest BCUT2D eigenvalue weighted by Crippen LogP contribution is -2.40. The lowest BCUT2D eigenvalue weighted by atomic mass is 9.97. The highest BCUT2D eigenvalue weighted by molar-refractivity contribution is 5.76. The lowest BCUT2D eigenvalue weighted by Gasteiger charge is -2.30. The van der Waals surface area contributed by atoms with Gasteiger partial charge in [0.25, 0.3) is 0 Å². The number of pyridine rings is 1. The number of carbonyl (C=O) groups excluding carboxylic acids is 1. The average Bonchev–Trinajstić information content (AvgIpc) is 2.30. The minimum absolute atomic E-state index is 0.0115. The zero-order valence-corrected chi connectivity index (χ0v) is 9.30. The topological polar surface area (TPSA) is 59.2 Å². The van der Waals surface area contributed by atoms with Crippen LogP contribution in [0.15, 0.2) is 24.4 Å². The van der Waals surface area contributed by atoms with Gasteiger partial charge in [-0.2, -0.15) is 0 Å². The first-order chi connectivity index (χ1) is 7.75. The fourth-order valence-corrected chi connectivity index (χ4v) is 2.15. The first kappa shape index (κ1) is 11.1. The van der Waals surface area contributed by atoms with Crippen molar-refractivity contribution in [2.75, 3.05) is 13.1 Å². The molecular formula is C12H17N3O. The van der Waals surface area contributed by atoms with Crippen LogP contribution in [0.2, 0.25) is 0 Å². The van der Waals surface area contributed by atoms with Crippen LogP contribution in [0.4, 0.5) is 0 Å². The van der Waals surface area contributed by atoms with Crippen LogP contribution in [0, 0.1) is 5.92 Å². The molecule has 2 N–H and O–H groups in total. The Morgan fingerprint density at radius 2 is 2.44 bits per heavy atom. The molecule has 1 fully saturated rings. The normalized spacial score (nSPS) is 21.9. The van der Waals surface area contributed by atoms with Crippen molar-refractivity contribution in [3.63, 3.8) is 0 Å². The maximum absolute atomic E-state index is 11.1. The molecule has 0 aromatic carbocycles. The molecule has 0 aliphatic carbocycles. The molecule has 0 saturated carbocycles. The van der Waals surface area contributed by atoms with Crippen LogP contribution in [0.1, 0.15) is 18.5 Å². The van der Waals surface area contributed by atoms with E-state index in [9.17, 15) is 4.79 Å². The number of nitrogens with two attached hydrogens (primary N) is 1. The molecule has 16 heavy (non-hydrogen) atoms. The summed E-state index contributed by atoms with van der Waals surface area (Å²) in [5, 5.41) is 0. The number of nitrogens with zero attached hydrogens (tertiary/aromatic N) is 2. The van der Waals surface area contributed by atoms with Gasteiger partial charge in [-0.3, -0.25) is 14.7 Å². The van der Waals surface area contributed by atoms with E-state index in [-0.39, 0.29) is 11.8 Å². The second-order valence-corrected chi connectivity index (χ2v) is 4.30. The van der Waals surface area contributed by atoms with E-state index in [0.717, 1.165) is 38.2 Å². The number of aromatic nitrogens is 1. The number of primary amides is 1. The zero-order chi connectivity index (χ0) is 11.4. The third kappa shape index (κ3) is 2.79. The molecule has 2 heterocycles. The zero-order valence-electron chi connectivity index (χ0n) is 9.30. The van der Waals surface area contributed by atoms with E-state index in [0.29, 0.717) is 0 Å². The number of hydrogen-bond donors (Lipinski definition) is 1. The molecule has 0 radical (unpaired) electrons. The van der Waals surface area contributed by atoms with Gasteiger partial charge in [-0.1, -0.05) is 6.07 Å². The van der Waals surface area contributed by atoms with Gasteiger partial charge >= 0.3 is 0 Å². The summed E-state index contributed by atoms with van der Waals surface area (Å²) in [5.74, 6) is -0.164. The third-order valence-electron chi connectivity index (χ3n) is 3.02. The summed E-state index contributed by atoms with van der Waals surface area (Å²) in [6, 6.07) is 5.90. The number of carbonyl (C=O) groups is 1. The standard InChI is InChI=1S/C12H17N3O/c13-12(16)10-4-3-7-15(8-10)9-11-5-1-2-6-14-11/h1-2,5-6,10H,3-4,7-9H2,(H2,13,16). The summed E-state index contributed by atoms with van der Waals surface area (Å²) < 4.78 is 0. The predicted molar refractivity (Wildman–Crippen MR) is 61.4 cm³/mol. The minimum atomic E-state index is -0.175. The first-order valence-electron chi connectivity index (χ1n) is 5.67. The fraction of sp³-hybridized carbons (Fsp3) is 0.500. The Morgan fingerprint density at radius 3 is 3.12 bits per heavy atom. The number of likely N-dealkylation sites (tertiary alicyclic amines) is 1. The molecule has 86 valence electrons. The van der Waals surface area contributed by atoms with E-state index < -0.39 is 0 Å². The molecule has 1 amide bonds. The Hall–Kier alpha value is -1.42. The molecule has 0 spiro atoms. The van der Waals surface area contributed by atoms with Gasteiger partial charge in [-0.25, -0.2) is 0 Å². The lowest BCUT2D eigenvalue weighted by molar-refractivity contribution is -0.123. The third-order valence-corrected chi connectivity index (χ3v) is 3.02. The van der Waals surface area contributed by atoms with Crippen molar-refractivity contribution in [1.29, 1.82) is 0 Å². The number of rotatable bonds is 3. The molecule has 1 aromatic rings. The largest absolute Gasteiger partial charge is 0.369 e. The van der Waals surface area contributed by atoms with Gasteiger partial charge < -0.3 is 5.73 Å². The summed E-state index contributed by atoms with van der Waals surface area (Å²) in [4.78, 5) is 17.7. The summed E-state index contributed by atoms with van der Waals surface area (Å²) >= 11 is 0. The van der Waals surface area contributed by atoms with E-state index in [1.54, 1.807) is 6.20 Å². The van der Waals surface area contributed by atoms with Crippen molar-refractivity contribution < 1.29 is 4.79 Å². The van der Waals surface area contributed by atoms with Crippen LogP contribution < -0.4 is 5.73 Å². The van der Waals surface area contributed by atoms with Gasteiger partial charge in [0.2, 0.25) is 5.91 Å². The molecule has 1 unspecified atom stereocenters. The maximum atomic E-state index is 11.1. The van der Waals surface area contributed by atoms with Crippen molar-refractivity contribution in [3.8, 4) is 0 Å². The Labute approximate surface area is 95.5 Å². The molecule has 1 aliphatic rings. The average molecular weight is 219 g/mol. The molecule has 2 rings (SSSR count). The summed E-state index contributed by atoms with van der Waals surface area (Å²) in [6.07, 6.45) is 3.76. The Morgan fingerprint density at radius 1 is 1.56 bits per heavy atom. The molecule has 4 nitrogen and oxygen atoms in total. The van der Waals surface area contributed by atoms with Crippen LogP contribution in [0.3, 0.4) is 0 Å². The smallest absolute Gasteiger partial charge is 0.221 e. The quantitative estimate of drug-likeness (QED) is 0.817. The van der Waals surface area contributed by atoms with Gasteiger partial charge in [0.05, 0.1) is 11.6 Å². The van der Waals surface area contributed by atoms with Crippen molar-refractivity contribution in [2.45, 2.75) is 19.4 Å². The highest BCUT2D eigenvalue weighted by Gasteiger charge is 2.23. The summed E-state index contributed by atoms with van der Waals surface area (Å²) in [7, 11) is 0. The first-order valence-corrected chi connectivity index (χ1v) is 5.67. The van der Waals surface area contributed by atoms with Crippen LogP contribution in [-0.2, 0) is 11.3 Å². The van der Waals surface area contributed by atoms with Crippen molar-refractivity contribution in [2.24, 2.45) is 11.7 Å². The second kappa shape index (κ2) is 5.07. The van der Waals surface area contributed by atoms with Gasteiger partial charge in [0, 0.05) is 19.3 Å². The SMILES string of the molecule is NC(=O)C1CCCN(Cc2ccccn2)C1. The Kier molecular flexibility index (Phi) is 3.51. The van der Waals surface area contributed by atoms with Crippen LogP contribution in [-0.4, -0.2) is 28.9 Å². The molecule has 1 aromatic heterocycles. The summed E-state index contributed by atoms with van der Waals surface area (Å²) in [6.45, 7) is 2.61. The summed E-state index contributed by atoms with van der Waals surface area (Å²) in [5.41, 5.74) is 6.39. The van der Waals surface area contributed by atoms with Gasteiger partial charge in [-0.05, 0) is 31.5 Å². The monoisotopic (exact) mass is 219 g/mol. The highest BCUT2D eigenvalue weighted by Crippen LogP contribution is 2.17.